The fraction of sp³-hybridized carbons (Fsp3) is 0.259. The zero-order valence-corrected chi connectivity index (χ0v) is 19.3. The molecule has 0 saturated heterocycles. The van der Waals surface area contributed by atoms with Crippen molar-refractivity contribution in [3.63, 3.8) is 0 Å². The van der Waals surface area contributed by atoms with Gasteiger partial charge in [-0.05, 0) is 60.4 Å². The number of fused-ring (bicyclic) bond motifs is 1. The molecule has 0 aliphatic carbocycles. The monoisotopic (exact) mass is 444 g/mol. The number of carbonyl (C=O) groups excluding carboxylic acids is 2. The minimum absolute atomic E-state index is 0.0788. The van der Waals surface area contributed by atoms with E-state index in [1.807, 2.05) is 68.4 Å². The van der Waals surface area contributed by atoms with Crippen LogP contribution in [-0.2, 0) is 11.3 Å². The number of nitrogens with zero attached hydrogens (tertiary/aromatic N) is 1. The van der Waals surface area contributed by atoms with E-state index >= 15 is 0 Å². The Morgan fingerprint density at radius 1 is 1.00 bits per heavy atom. The molecule has 1 heterocycles. The van der Waals surface area contributed by atoms with Crippen molar-refractivity contribution >= 4 is 17.5 Å². The molecular weight excluding hydrogens is 416 g/mol. The van der Waals surface area contributed by atoms with Crippen molar-refractivity contribution in [1.82, 2.24) is 4.90 Å². The molecule has 33 heavy (non-hydrogen) atoms. The van der Waals surface area contributed by atoms with Gasteiger partial charge in [0.05, 0.1) is 26.7 Å². The van der Waals surface area contributed by atoms with Crippen molar-refractivity contribution in [2.45, 2.75) is 32.9 Å². The average Bonchev–Trinajstić information content (AvgIpc) is 3.16. The van der Waals surface area contributed by atoms with E-state index in [1.54, 1.807) is 25.2 Å². The molecule has 0 saturated carbocycles. The summed E-state index contributed by atoms with van der Waals surface area (Å²) in [6.45, 7) is 4.44. The van der Waals surface area contributed by atoms with Crippen molar-refractivity contribution in [2.75, 3.05) is 19.5 Å². The number of carbonyl (C=O) groups is 2. The molecule has 6 nitrogen and oxygen atoms in total. The molecule has 0 aromatic heterocycles. The summed E-state index contributed by atoms with van der Waals surface area (Å²) in [5.74, 6) is 0.909. The average molecular weight is 445 g/mol. The van der Waals surface area contributed by atoms with Crippen molar-refractivity contribution in [1.29, 1.82) is 0 Å². The zero-order chi connectivity index (χ0) is 23.5. The fourth-order valence-corrected chi connectivity index (χ4v) is 4.26. The normalized spacial score (nSPS) is 13.5. The smallest absolute Gasteiger partial charge is 0.255 e. The van der Waals surface area contributed by atoms with E-state index in [2.05, 4.69) is 5.32 Å². The van der Waals surface area contributed by atoms with Crippen molar-refractivity contribution in [3.05, 3.63) is 88.5 Å². The van der Waals surface area contributed by atoms with Crippen LogP contribution in [0.25, 0.3) is 0 Å². The number of rotatable bonds is 7. The first kappa shape index (κ1) is 22.4. The van der Waals surface area contributed by atoms with Gasteiger partial charge in [-0.25, -0.2) is 0 Å². The highest BCUT2D eigenvalue weighted by Crippen LogP contribution is 2.37. The van der Waals surface area contributed by atoms with Crippen molar-refractivity contribution in [2.24, 2.45) is 0 Å². The summed E-state index contributed by atoms with van der Waals surface area (Å²) in [6, 6.07) is 18.5. The summed E-state index contributed by atoms with van der Waals surface area (Å²) in [4.78, 5) is 28.2. The molecule has 2 amide bonds. The van der Waals surface area contributed by atoms with E-state index in [4.69, 9.17) is 9.47 Å². The summed E-state index contributed by atoms with van der Waals surface area (Å²) < 4.78 is 10.8. The number of nitrogens with one attached hydrogen (secondary N) is 1. The summed E-state index contributed by atoms with van der Waals surface area (Å²) >= 11 is 0. The van der Waals surface area contributed by atoms with Gasteiger partial charge in [0.15, 0.2) is 11.5 Å². The maximum atomic E-state index is 13.3. The molecule has 1 aliphatic rings. The van der Waals surface area contributed by atoms with Crippen LogP contribution in [0, 0.1) is 13.8 Å². The van der Waals surface area contributed by atoms with Gasteiger partial charge >= 0.3 is 0 Å². The predicted octanol–water partition coefficient (Wildman–Crippen LogP) is 5.05. The van der Waals surface area contributed by atoms with Crippen molar-refractivity contribution in [3.8, 4) is 11.5 Å². The lowest BCUT2D eigenvalue weighted by atomic mass is 10.0. The van der Waals surface area contributed by atoms with Crippen LogP contribution < -0.4 is 14.8 Å². The predicted molar refractivity (Wildman–Crippen MR) is 128 cm³/mol. The quantitative estimate of drug-likeness (QED) is 0.554. The van der Waals surface area contributed by atoms with E-state index in [0.29, 0.717) is 23.6 Å². The van der Waals surface area contributed by atoms with Gasteiger partial charge in [0, 0.05) is 17.8 Å². The van der Waals surface area contributed by atoms with Gasteiger partial charge in [-0.15, -0.1) is 0 Å². The molecule has 1 atom stereocenters. The molecule has 6 heteroatoms. The Bertz CT molecular complexity index is 1200. The molecule has 3 aromatic carbocycles. The second-order valence-corrected chi connectivity index (χ2v) is 8.22. The zero-order valence-electron chi connectivity index (χ0n) is 19.3. The number of ether oxygens (including phenoxy) is 2. The number of anilines is 1. The highest BCUT2D eigenvalue weighted by molar-refractivity contribution is 5.99. The van der Waals surface area contributed by atoms with Gasteiger partial charge in [0.25, 0.3) is 5.91 Å². The first-order valence-electron chi connectivity index (χ1n) is 10.9. The minimum atomic E-state index is -0.463. The Kier molecular flexibility index (Phi) is 6.36. The number of hydrogen-bond acceptors (Lipinski definition) is 4. The first-order valence-corrected chi connectivity index (χ1v) is 10.9. The molecule has 0 spiro atoms. The minimum Gasteiger partial charge on any atom is -0.493 e. The molecule has 0 unspecified atom stereocenters. The summed E-state index contributed by atoms with van der Waals surface area (Å²) in [6.07, 6.45) is 0.114. The molecule has 0 fully saturated rings. The van der Waals surface area contributed by atoms with Crippen LogP contribution in [0.3, 0.4) is 0 Å². The van der Waals surface area contributed by atoms with Crippen LogP contribution >= 0.6 is 0 Å². The molecular formula is C27H28N2O4. The van der Waals surface area contributed by atoms with Gasteiger partial charge in [-0.1, -0.05) is 36.4 Å². The van der Waals surface area contributed by atoms with E-state index in [9.17, 15) is 9.59 Å². The Morgan fingerprint density at radius 3 is 2.48 bits per heavy atom. The van der Waals surface area contributed by atoms with Crippen LogP contribution in [0.15, 0.2) is 60.7 Å². The third kappa shape index (κ3) is 4.42. The van der Waals surface area contributed by atoms with Gasteiger partial charge in [0.1, 0.15) is 0 Å². The largest absolute Gasteiger partial charge is 0.493 e. The van der Waals surface area contributed by atoms with Gasteiger partial charge in [0.2, 0.25) is 5.91 Å². The van der Waals surface area contributed by atoms with Crippen LogP contribution in [0.4, 0.5) is 5.69 Å². The van der Waals surface area contributed by atoms with Gasteiger partial charge < -0.3 is 19.7 Å². The lowest BCUT2D eigenvalue weighted by molar-refractivity contribution is -0.117. The standard InChI is InChI=1S/C27H28N2O4/c1-17-8-7-11-22(18(17)2)28-26(30)15-23(19-12-13-24(32-3)25(14-19)33-4)29-16-20-9-5-6-10-21(20)27(29)31/h5-14,23H,15-16H2,1-4H3,(H,28,30)/t23-/m1/s1. The first-order chi connectivity index (χ1) is 15.9. The second kappa shape index (κ2) is 9.36. The summed E-state index contributed by atoms with van der Waals surface area (Å²) in [5, 5.41) is 3.03. The van der Waals surface area contributed by atoms with E-state index < -0.39 is 6.04 Å². The number of aryl methyl sites for hydroxylation is 1. The number of benzene rings is 3. The SMILES string of the molecule is COc1ccc([C@@H](CC(=O)Nc2cccc(C)c2C)N2Cc3ccccc3C2=O)cc1OC. The molecule has 1 aliphatic heterocycles. The lowest BCUT2D eigenvalue weighted by Crippen LogP contribution is -2.32. The molecule has 170 valence electrons. The van der Waals surface area contributed by atoms with Crippen LogP contribution in [-0.4, -0.2) is 30.9 Å². The van der Waals surface area contributed by atoms with E-state index in [0.717, 1.165) is 27.9 Å². The highest BCUT2D eigenvalue weighted by atomic mass is 16.5. The maximum absolute atomic E-state index is 13.3. The van der Waals surface area contributed by atoms with Crippen LogP contribution in [0.2, 0.25) is 0 Å². The fourth-order valence-electron chi connectivity index (χ4n) is 4.26. The number of amides is 2. The third-order valence-electron chi connectivity index (χ3n) is 6.28. The molecule has 1 N–H and O–H groups in total. The third-order valence-corrected chi connectivity index (χ3v) is 6.28. The Hall–Kier alpha value is -3.80. The van der Waals surface area contributed by atoms with Crippen LogP contribution in [0.5, 0.6) is 11.5 Å². The molecule has 4 rings (SSSR count). The van der Waals surface area contributed by atoms with Gasteiger partial charge in [-0.3, -0.25) is 9.59 Å². The molecule has 0 bridgehead atoms. The maximum Gasteiger partial charge on any atom is 0.255 e. The highest BCUT2D eigenvalue weighted by Gasteiger charge is 2.35. The Balaban J connectivity index is 1.67. The Labute approximate surface area is 194 Å². The van der Waals surface area contributed by atoms with Crippen molar-refractivity contribution < 1.29 is 19.1 Å². The number of methoxy groups -OCH3 is 2. The summed E-state index contributed by atoms with van der Waals surface area (Å²) in [5.41, 5.74) is 5.36. The second-order valence-electron chi connectivity index (χ2n) is 8.22. The number of hydrogen-bond donors (Lipinski definition) is 1. The van der Waals surface area contributed by atoms with Gasteiger partial charge in [-0.2, -0.15) is 0 Å². The molecule has 3 aromatic rings. The Morgan fingerprint density at radius 2 is 1.76 bits per heavy atom. The lowest BCUT2D eigenvalue weighted by Gasteiger charge is -2.28. The summed E-state index contributed by atoms with van der Waals surface area (Å²) in [7, 11) is 3.15. The molecule has 0 radical (unpaired) electrons. The van der Waals surface area contributed by atoms with E-state index in [1.165, 1.54) is 0 Å². The van der Waals surface area contributed by atoms with E-state index in [-0.39, 0.29) is 18.2 Å². The topological polar surface area (TPSA) is 67.9 Å². The van der Waals surface area contributed by atoms with Crippen LogP contribution in [0.1, 0.15) is 45.1 Å².